The lowest BCUT2D eigenvalue weighted by molar-refractivity contribution is -0.302. The second kappa shape index (κ2) is 7.98. The number of hydrogen-bond acceptors (Lipinski definition) is 8. The zero-order valence-corrected chi connectivity index (χ0v) is 13.2. The molecule has 0 bridgehead atoms. The second-order valence-electron chi connectivity index (χ2n) is 6.36. The van der Waals surface area contributed by atoms with Gasteiger partial charge in [0.1, 0.15) is 24.4 Å². The summed E-state index contributed by atoms with van der Waals surface area (Å²) >= 11 is 0. The van der Waals surface area contributed by atoms with Crippen LogP contribution >= 0.6 is 0 Å². The minimum absolute atomic E-state index is 0.0578. The zero-order valence-electron chi connectivity index (χ0n) is 13.2. The third-order valence-electron chi connectivity index (χ3n) is 4.05. The molecule has 8 heteroatoms. The second-order valence-corrected chi connectivity index (χ2v) is 6.36. The normalized spacial score (nSPS) is 36.1. The molecule has 0 aromatic carbocycles. The molecule has 0 radical (unpaired) electrons. The summed E-state index contributed by atoms with van der Waals surface area (Å²) in [5.41, 5.74) is -1.10. The lowest BCUT2D eigenvalue weighted by Crippen LogP contribution is -2.59. The summed E-state index contributed by atoms with van der Waals surface area (Å²) in [5, 5.41) is 57.9. The first kappa shape index (κ1) is 19.7. The van der Waals surface area contributed by atoms with Crippen LogP contribution in [0.25, 0.3) is 0 Å². The summed E-state index contributed by atoms with van der Waals surface area (Å²) in [6.07, 6.45) is -7.05. The molecule has 7 atom stereocenters. The van der Waals surface area contributed by atoms with Gasteiger partial charge in [-0.1, -0.05) is 0 Å². The summed E-state index contributed by atoms with van der Waals surface area (Å²) < 4.78 is 10.5. The smallest absolute Gasteiger partial charge is 0.186 e. The highest BCUT2D eigenvalue weighted by atomic mass is 16.7. The van der Waals surface area contributed by atoms with Crippen LogP contribution in [0.5, 0.6) is 0 Å². The topological polar surface area (TPSA) is 140 Å². The van der Waals surface area contributed by atoms with Gasteiger partial charge >= 0.3 is 0 Å². The number of rotatable bonds is 7. The third-order valence-corrected chi connectivity index (χ3v) is 4.05. The fourth-order valence-corrected chi connectivity index (χ4v) is 2.70. The maximum atomic E-state index is 9.99. The van der Waals surface area contributed by atoms with Gasteiger partial charge in [0.2, 0.25) is 0 Å². The van der Waals surface area contributed by atoms with Gasteiger partial charge in [-0.05, 0) is 27.2 Å². The van der Waals surface area contributed by atoms with E-state index in [1.165, 1.54) is 0 Å². The SMILES string of the molecule is CC(O)C(CCOC1OC(CO)C(O)C(O)C1O)C(C)(C)O. The Balaban J connectivity index is 2.56. The standard InChI is InChI=1S/C14H28O8/c1-7(16)8(14(2,3)20)4-5-21-13-12(19)11(18)10(17)9(6-15)22-13/h7-13,15-20H,4-6H2,1-3H3. The van der Waals surface area contributed by atoms with E-state index in [4.69, 9.17) is 14.6 Å². The number of aliphatic hydroxyl groups excluding tert-OH is 5. The Morgan fingerprint density at radius 3 is 2.18 bits per heavy atom. The van der Waals surface area contributed by atoms with Crippen LogP contribution in [0, 0.1) is 5.92 Å². The van der Waals surface area contributed by atoms with Crippen LogP contribution in [-0.4, -0.2) is 86.3 Å². The Morgan fingerprint density at radius 2 is 1.73 bits per heavy atom. The van der Waals surface area contributed by atoms with E-state index in [2.05, 4.69) is 0 Å². The van der Waals surface area contributed by atoms with Crippen molar-refractivity contribution in [2.24, 2.45) is 5.92 Å². The van der Waals surface area contributed by atoms with Crippen LogP contribution in [0.2, 0.25) is 0 Å². The number of ether oxygens (including phenoxy) is 2. The minimum atomic E-state index is -1.49. The predicted octanol–water partition coefficient (Wildman–Crippen LogP) is -2.04. The van der Waals surface area contributed by atoms with Crippen molar-refractivity contribution in [1.82, 2.24) is 0 Å². The number of aliphatic hydroxyl groups is 6. The van der Waals surface area contributed by atoms with Crippen LogP contribution in [-0.2, 0) is 9.47 Å². The van der Waals surface area contributed by atoms with Crippen molar-refractivity contribution in [1.29, 1.82) is 0 Å². The van der Waals surface area contributed by atoms with Gasteiger partial charge < -0.3 is 40.1 Å². The Kier molecular flexibility index (Phi) is 7.16. The summed E-state index contributed by atoms with van der Waals surface area (Å²) in [5.74, 6) is -0.447. The van der Waals surface area contributed by atoms with Gasteiger partial charge in [-0.25, -0.2) is 0 Å². The van der Waals surface area contributed by atoms with Gasteiger partial charge in [0.15, 0.2) is 6.29 Å². The molecule has 0 aromatic heterocycles. The van der Waals surface area contributed by atoms with E-state index in [-0.39, 0.29) is 6.61 Å². The van der Waals surface area contributed by atoms with E-state index in [9.17, 15) is 25.5 Å². The van der Waals surface area contributed by atoms with E-state index < -0.39 is 54.9 Å². The first-order valence-electron chi connectivity index (χ1n) is 7.42. The first-order valence-corrected chi connectivity index (χ1v) is 7.42. The van der Waals surface area contributed by atoms with E-state index in [1.54, 1.807) is 20.8 Å². The maximum Gasteiger partial charge on any atom is 0.186 e. The van der Waals surface area contributed by atoms with Gasteiger partial charge in [-0.15, -0.1) is 0 Å². The Bertz CT molecular complexity index is 327. The molecule has 0 saturated carbocycles. The molecule has 6 N–H and O–H groups in total. The highest BCUT2D eigenvalue weighted by molar-refractivity contribution is 4.89. The molecule has 0 spiro atoms. The Morgan fingerprint density at radius 1 is 1.14 bits per heavy atom. The minimum Gasteiger partial charge on any atom is -0.394 e. The average molecular weight is 324 g/mol. The highest BCUT2D eigenvalue weighted by Crippen LogP contribution is 2.26. The first-order chi connectivity index (χ1) is 10.1. The number of hydrogen-bond donors (Lipinski definition) is 6. The van der Waals surface area contributed by atoms with Crippen LogP contribution in [0.15, 0.2) is 0 Å². The van der Waals surface area contributed by atoms with Crippen molar-refractivity contribution in [2.45, 2.75) is 69.6 Å². The molecule has 0 amide bonds. The van der Waals surface area contributed by atoms with Gasteiger partial charge in [0, 0.05) is 5.92 Å². The fraction of sp³-hybridized carbons (Fsp3) is 1.00. The van der Waals surface area contributed by atoms with Crippen LogP contribution in [0.4, 0.5) is 0 Å². The molecule has 8 nitrogen and oxygen atoms in total. The van der Waals surface area contributed by atoms with E-state index in [1.807, 2.05) is 0 Å². The average Bonchev–Trinajstić information content (AvgIpc) is 2.41. The van der Waals surface area contributed by atoms with Crippen LogP contribution in [0.1, 0.15) is 27.2 Å². The molecule has 1 saturated heterocycles. The fourth-order valence-electron chi connectivity index (χ4n) is 2.70. The molecule has 132 valence electrons. The Hall–Kier alpha value is -0.320. The van der Waals surface area contributed by atoms with Crippen molar-refractivity contribution in [3.8, 4) is 0 Å². The summed E-state index contributed by atoms with van der Waals surface area (Å²) in [6, 6.07) is 0. The lowest BCUT2D eigenvalue weighted by atomic mass is 9.84. The largest absolute Gasteiger partial charge is 0.394 e. The zero-order chi connectivity index (χ0) is 17.1. The molecule has 1 aliphatic heterocycles. The molecule has 22 heavy (non-hydrogen) atoms. The maximum absolute atomic E-state index is 9.99. The molecule has 7 unspecified atom stereocenters. The molecule has 1 rings (SSSR count). The van der Waals surface area contributed by atoms with Gasteiger partial charge in [-0.2, -0.15) is 0 Å². The van der Waals surface area contributed by atoms with E-state index in [0.29, 0.717) is 6.42 Å². The van der Waals surface area contributed by atoms with E-state index >= 15 is 0 Å². The molecular weight excluding hydrogens is 296 g/mol. The highest BCUT2D eigenvalue weighted by Gasteiger charge is 2.44. The summed E-state index contributed by atoms with van der Waals surface area (Å²) in [4.78, 5) is 0. The van der Waals surface area contributed by atoms with Crippen molar-refractivity contribution >= 4 is 0 Å². The summed E-state index contributed by atoms with van der Waals surface area (Å²) in [6.45, 7) is 4.26. The molecule has 0 aromatic rings. The van der Waals surface area contributed by atoms with E-state index in [0.717, 1.165) is 0 Å². The van der Waals surface area contributed by atoms with Crippen molar-refractivity contribution in [3.05, 3.63) is 0 Å². The van der Waals surface area contributed by atoms with Crippen molar-refractivity contribution in [3.63, 3.8) is 0 Å². The molecule has 1 heterocycles. The van der Waals surface area contributed by atoms with Crippen LogP contribution in [0.3, 0.4) is 0 Å². The molecule has 1 fully saturated rings. The van der Waals surface area contributed by atoms with Gasteiger partial charge in [0.05, 0.1) is 24.9 Å². The quantitative estimate of drug-likeness (QED) is 0.315. The Labute approximate surface area is 129 Å². The molecule has 1 aliphatic rings. The molecular formula is C14H28O8. The molecule has 0 aliphatic carbocycles. The third kappa shape index (κ3) is 4.84. The van der Waals surface area contributed by atoms with Crippen molar-refractivity contribution in [2.75, 3.05) is 13.2 Å². The van der Waals surface area contributed by atoms with Gasteiger partial charge in [0.25, 0.3) is 0 Å². The lowest BCUT2D eigenvalue weighted by Gasteiger charge is -2.40. The van der Waals surface area contributed by atoms with Crippen LogP contribution < -0.4 is 0 Å². The monoisotopic (exact) mass is 324 g/mol. The van der Waals surface area contributed by atoms with Gasteiger partial charge in [-0.3, -0.25) is 0 Å². The van der Waals surface area contributed by atoms with Crippen molar-refractivity contribution < 1.29 is 40.1 Å². The predicted molar refractivity (Wildman–Crippen MR) is 75.8 cm³/mol. The summed E-state index contributed by atoms with van der Waals surface area (Å²) in [7, 11) is 0.